The molecular weight excluding hydrogens is 332 g/mol. The summed E-state index contributed by atoms with van der Waals surface area (Å²) in [7, 11) is 1.59. The summed E-state index contributed by atoms with van der Waals surface area (Å²) in [6, 6.07) is 5.35. The number of fused-ring (bicyclic) bond motifs is 1. The van der Waals surface area contributed by atoms with Gasteiger partial charge in [-0.3, -0.25) is 4.79 Å². The minimum absolute atomic E-state index is 0.0831. The van der Waals surface area contributed by atoms with Crippen molar-refractivity contribution in [1.29, 1.82) is 0 Å². The number of hydrogen-bond donors (Lipinski definition) is 1. The van der Waals surface area contributed by atoms with Crippen LogP contribution in [0.2, 0.25) is 0 Å². The van der Waals surface area contributed by atoms with Crippen LogP contribution in [0, 0.1) is 5.21 Å². The predicted molar refractivity (Wildman–Crippen MR) is 77.8 cm³/mol. The van der Waals surface area contributed by atoms with Gasteiger partial charge in [0.1, 0.15) is 10.4 Å². The predicted octanol–water partition coefficient (Wildman–Crippen LogP) is 1.60. The number of carbonyl (C=O) groups is 1. The van der Waals surface area contributed by atoms with E-state index in [2.05, 4.69) is 21.2 Å². The summed E-state index contributed by atoms with van der Waals surface area (Å²) in [6.07, 6.45) is 0.518. The number of halogens is 1. The molecule has 0 fully saturated rings. The molecule has 19 heavy (non-hydrogen) atoms. The van der Waals surface area contributed by atoms with Crippen molar-refractivity contribution in [3.05, 3.63) is 28.4 Å². The summed E-state index contributed by atoms with van der Waals surface area (Å²) >= 11 is 4.49. The molecule has 0 atom stereocenters. The number of alkyl halides is 1. The second-order valence-corrected chi connectivity index (χ2v) is 5.53. The van der Waals surface area contributed by atoms with Crippen LogP contribution >= 0.6 is 27.3 Å². The first-order chi connectivity index (χ1) is 9.15. The Morgan fingerprint density at radius 1 is 1.58 bits per heavy atom. The molecule has 0 aliphatic rings. The van der Waals surface area contributed by atoms with Gasteiger partial charge in [-0.15, -0.1) is 0 Å². The van der Waals surface area contributed by atoms with Crippen molar-refractivity contribution >= 4 is 43.4 Å². The summed E-state index contributed by atoms with van der Waals surface area (Å²) in [5.41, 5.74) is 0.632. The molecule has 1 heterocycles. The number of amides is 1. The highest BCUT2D eigenvalue weighted by Crippen LogP contribution is 2.24. The molecular formula is C12H13BrN2O3S. The Balaban J connectivity index is 2.15. The molecule has 0 unspecified atom stereocenters. The van der Waals surface area contributed by atoms with E-state index in [1.807, 2.05) is 6.07 Å². The molecule has 1 aromatic carbocycles. The van der Waals surface area contributed by atoms with Gasteiger partial charge < -0.3 is 15.3 Å². The minimum Gasteiger partial charge on any atom is -0.617 e. The maximum Gasteiger partial charge on any atom is 0.251 e. The number of rotatable bonds is 5. The molecule has 0 radical (unpaired) electrons. The molecule has 102 valence electrons. The Bertz CT molecular complexity index is 600. The summed E-state index contributed by atoms with van der Waals surface area (Å²) in [5.74, 6) is 0.647. The van der Waals surface area contributed by atoms with Gasteiger partial charge in [0, 0.05) is 18.7 Å². The van der Waals surface area contributed by atoms with Crippen LogP contribution in [0.15, 0.2) is 18.2 Å². The van der Waals surface area contributed by atoms with Crippen molar-refractivity contribution in [3.8, 4) is 5.75 Å². The first-order valence-electron chi connectivity index (χ1n) is 5.67. The van der Waals surface area contributed by atoms with E-state index >= 15 is 0 Å². The SMILES string of the molecule is COc1ccc2c(c1)sc(CCNC(=O)CBr)[n+]2[O-]. The zero-order valence-corrected chi connectivity index (χ0v) is 12.7. The highest BCUT2D eigenvalue weighted by atomic mass is 79.9. The maximum absolute atomic E-state index is 12.0. The van der Waals surface area contributed by atoms with Crippen molar-refractivity contribution in [2.75, 3.05) is 19.0 Å². The Morgan fingerprint density at radius 3 is 3.05 bits per heavy atom. The lowest BCUT2D eigenvalue weighted by Gasteiger charge is -2.01. The van der Waals surface area contributed by atoms with E-state index in [1.165, 1.54) is 11.3 Å². The lowest BCUT2D eigenvalue weighted by molar-refractivity contribution is -0.580. The van der Waals surface area contributed by atoms with Crippen LogP contribution in [0.5, 0.6) is 5.75 Å². The second kappa shape index (κ2) is 6.21. The first kappa shape index (κ1) is 14.1. The average Bonchev–Trinajstić information content (AvgIpc) is 2.74. The molecule has 1 amide bonds. The normalized spacial score (nSPS) is 10.6. The van der Waals surface area contributed by atoms with Crippen LogP contribution in [-0.2, 0) is 11.2 Å². The molecule has 0 aliphatic heterocycles. The van der Waals surface area contributed by atoms with Gasteiger partial charge in [0.2, 0.25) is 11.4 Å². The zero-order valence-electron chi connectivity index (χ0n) is 10.3. The van der Waals surface area contributed by atoms with Gasteiger partial charge in [0.15, 0.2) is 0 Å². The van der Waals surface area contributed by atoms with Crippen molar-refractivity contribution in [2.24, 2.45) is 0 Å². The molecule has 0 spiro atoms. The Kier molecular flexibility index (Phi) is 4.60. The van der Waals surface area contributed by atoms with Crippen molar-refractivity contribution < 1.29 is 14.3 Å². The van der Waals surface area contributed by atoms with Crippen molar-refractivity contribution in [3.63, 3.8) is 0 Å². The molecule has 2 aromatic rings. The van der Waals surface area contributed by atoms with Crippen LogP contribution in [0.1, 0.15) is 5.01 Å². The number of ether oxygens (including phenoxy) is 1. The Morgan fingerprint density at radius 2 is 2.37 bits per heavy atom. The van der Waals surface area contributed by atoms with E-state index in [0.29, 0.717) is 23.5 Å². The molecule has 1 aromatic heterocycles. The number of aromatic nitrogens is 1. The highest BCUT2D eigenvalue weighted by Gasteiger charge is 2.16. The first-order valence-corrected chi connectivity index (χ1v) is 7.61. The van der Waals surface area contributed by atoms with Crippen molar-refractivity contribution in [1.82, 2.24) is 5.32 Å². The molecule has 0 saturated heterocycles. The fourth-order valence-corrected chi connectivity index (χ4v) is 2.95. The summed E-state index contributed by atoms with van der Waals surface area (Å²) in [4.78, 5) is 11.1. The molecule has 0 aliphatic carbocycles. The van der Waals surface area contributed by atoms with Crippen LogP contribution in [0.25, 0.3) is 10.2 Å². The third-order valence-electron chi connectivity index (χ3n) is 2.62. The monoisotopic (exact) mass is 344 g/mol. The van der Waals surface area contributed by atoms with Crippen LogP contribution in [0.3, 0.4) is 0 Å². The molecule has 5 nitrogen and oxygen atoms in total. The summed E-state index contributed by atoms with van der Waals surface area (Å²) in [5, 5.41) is 15.7. The smallest absolute Gasteiger partial charge is 0.251 e. The number of thiazole rings is 1. The fourth-order valence-electron chi connectivity index (χ4n) is 1.68. The van der Waals surface area contributed by atoms with E-state index in [1.54, 1.807) is 19.2 Å². The van der Waals surface area contributed by atoms with Gasteiger partial charge in [-0.05, 0) is 6.07 Å². The van der Waals surface area contributed by atoms with E-state index < -0.39 is 0 Å². The molecule has 2 rings (SSSR count). The third-order valence-corrected chi connectivity index (χ3v) is 4.28. The number of carbonyl (C=O) groups excluding carboxylic acids is 1. The van der Waals surface area contributed by atoms with E-state index in [4.69, 9.17) is 4.74 Å². The van der Waals surface area contributed by atoms with Gasteiger partial charge >= 0.3 is 0 Å². The zero-order chi connectivity index (χ0) is 13.8. The number of methoxy groups -OCH3 is 1. The lowest BCUT2D eigenvalue weighted by Crippen LogP contribution is -2.33. The van der Waals surface area contributed by atoms with E-state index in [0.717, 1.165) is 15.2 Å². The third kappa shape index (κ3) is 3.16. The number of nitrogens with zero attached hydrogens (tertiary/aromatic N) is 1. The Hall–Kier alpha value is -1.34. The molecule has 0 saturated carbocycles. The largest absolute Gasteiger partial charge is 0.617 e. The average molecular weight is 345 g/mol. The van der Waals surface area contributed by atoms with E-state index in [9.17, 15) is 10.0 Å². The summed E-state index contributed by atoms with van der Waals surface area (Å²) < 4.78 is 6.93. The second-order valence-electron chi connectivity index (χ2n) is 3.86. The summed E-state index contributed by atoms with van der Waals surface area (Å²) in [6.45, 7) is 0.455. The van der Waals surface area contributed by atoms with Gasteiger partial charge in [0.25, 0.3) is 5.01 Å². The van der Waals surface area contributed by atoms with Gasteiger partial charge in [-0.1, -0.05) is 27.3 Å². The van der Waals surface area contributed by atoms with Crippen LogP contribution in [0.4, 0.5) is 0 Å². The van der Waals surface area contributed by atoms with Gasteiger partial charge in [-0.2, -0.15) is 4.73 Å². The Labute approximate surface area is 122 Å². The van der Waals surface area contributed by atoms with Crippen LogP contribution in [-0.4, -0.2) is 24.9 Å². The van der Waals surface area contributed by atoms with Gasteiger partial charge in [-0.25, -0.2) is 0 Å². The molecule has 7 heteroatoms. The fraction of sp³-hybridized carbons (Fsp3) is 0.333. The standard InChI is InChI=1S/C12H13BrN2O3S/c1-18-8-2-3-9-10(6-8)19-12(15(9)17)4-5-14-11(16)7-13/h2-3,6H,4-5,7H2,1H3,(H,14,16). The maximum atomic E-state index is 12.0. The number of nitrogens with one attached hydrogen (secondary N) is 1. The number of benzene rings is 1. The number of hydrogen-bond acceptors (Lipinski definition) is 4. The highest BCUT2D eigenvalue weighted by molar-refractivity contribution is 9.09. The van der Waals surface area contributed by atoms with Gasteiger partial charge in [0.05, 0.1) is 18.9 Å². The van der Waals surface area contributed by atoms with Crippen molar-refractivity contribution in [2.45, 2.75) is 6.42 Å². The lowest BCUT2D eigenvalue weighted by atomic mass is 10.3. The quantitative estimate of drug-likeness (QED) is 0.509. The molecule has 0 bridgehead atoms. The topological polar surface area (TPSA) is 65.3 Å². The van der Waals surface area contributed by atoms with E-state index in [-0.39, 0.29) is 11.2 Å². The minimum atomic E-state index is -0.0831. The molecule has 1 N–H and O–H groups in total. The van der Waals surface area contributed by atoms with Crippen LogP contribution < -0.4 is 14.8 Å².